The van der Waals surface area contributed by atoms with Gasteiger partial charge in [-0.1, -0.05) is 30.0 Å². The summed E-state index contributed by atoms with van der Waals surface area (Å²) >= 11 is 1.42. The molecule has 8 heteroatoms. The first-order chi connectivity index (χ1) is 16.4. The van der Waals surface area contributed by atoms with Gasteiger partial charge in [0, 0.05) is 5.75 Å². The Morgan fingerprint density at radius 3 is 2.24 bits per heavy atom. The van der Waals surface area contributed by atoms with E-state index in [1.54, 1.807) is 18.2 Å². The average Bonchev–Trinajstić information content (AvgIpc) is 2.84. The Hall–Kier alpha value is -3.52. The summed E-state index contributed by atoms with van der Waals surface area (Å²) < 4.78 is 31.6. The molecule has 3 aromatic carbocycles. The van der Waals surface area contributed by atoms with E-state index < -0.39 is 0 Å². The minimum absolute atomic E-state index is 0.300. The maximum absolute atomic E-state index is 13.7. The first-order valence-corrected chi connectivity index (χ1v) is 11.6. The molecular weight excluding hydrogens is 455 g/mol. The fourth-order valence-electron chi connectivity index (χ4n) is 3.72. The molecule has 0 aliphatic rings. The van der Waals surface area contributed by atoms with Crippen LogP contribution < -0.4 is 19.8 Å². The van der Waals surface area contributed by atoms with Gasteiger partial charge in [0.25, 0.3) is 5.56 Å². The highest BCUT2D eigenvalue weighted by atomic mass is 32.2. The van der Waals surface area contributed by atoms with Crippen LogP contribution in [0, 0.1) is 19.7 Å². The normalized spacial score (nSPS) is 11.0. The van der Waals surface area contributed by atoms with E-state index in [1.807, 2.05) is 0 Å². The van der Waals surface area contributed by atoms with Crippen molar-refractivity contribution in [1.82, 2.24) is 9.55 Å². The number of halogens is 1. The Balaban J connectivity index is 1.95. The molecule has 176 valence electrons. The molecule has 34 heavy (non-hydrogen) atoms. The van der Waals surface area contributed by atoms with Crippen LogP contribution in [0.4, 0.5) is 4.39 Å². The van der Waals surface area contributed by atoms with Gasteiger partial charge in [0.2, 0.25) is 5.75 Å². The number of methoxy groups -OCH3 is 3. The van der Waals surface area contributed by atoms with Crippen LogP contribution in [0.15, 0.2) is 58.5 Å². The first-order valence-electron chi connectivity index (χ1n) is 10.6. The van der Waals surface area contributed by atoms with Crippen LogP contribution in [0.1, 0.15) is 16.7 Å². The minimum Gasteiger partial charge on any atom is -0.493 e. The highest BCUT2D eigenvalue weighted by Crippen LogP contribution is 2.42. The average molecular weight is 481 g/mol. The van der Waals surface area contributed by atoms with Crippen LogP contribution in [-0.4, -0.2) is 30.9 Å². The lowest BCUT2D eigenvalue weighted by Gasteiger charge is -2.17. The number of hydrogen-bond acceptors (Lipinski definition) is 6. The molecule has 0 saturated carbocycles. The van der Waals surface area contributed by atoms with Crippen molar-refractivity contribution in [3.8, 4) is 22.9 Å². The van der Waals surface area contributed by atoms with Crippen LogP contribution in [0.3, 0.4) is 0 Å². The van der Waals surface area contributed by atoms with Crippen LogP contribution in [-0.2, 0) is 5.75 Å². The fraction of sp³-hybridized carbons (Fsp3) is 0.231. The van der Waals surface area contributed by atoms with Crippen molar-refractivity contribution < 1.29 is 18.6 Å². The summed E-state index contributed by atoms with van der Waals surface area (Å²) in [7, 11) is 4.48. The second-order valence-electron chi connectivity index (χ2n) is 7.76. The number of nitrogens with zero attached hydrogens (tertiary/aromatic N) is 2. The maximum Gasteiger partial charge on any atom is 0.266 e. The SMILES string of the molecule is COc1cc2c(=O)n(-c3ccc(F)cc3)c(SCc3ccc(C)c(C)c3)nc2c(OC)c1OC. The number of benzene rings is 3. The third kappa shape index (κ3) is 4.33. The van der Waals surface area contributed by atoms with Gasteiger partial charge in [-0.15, -0.1) is 0 Å². The summed E-state index contributed by atoms with van der Waals surface area (Å²) in [6.07, 6.45) is 0. The molecule has 0 amide bonds. The van der Waals surface area contributed by atoms with Gasteiger partial charge >= 0.3 is 0 Å². The molecule has 0 fully saturated rings. The summed E-state index contributed by atoms with van der Waals surface area (Å²) in [5.74, 6) is 1.23. The molecule has 0 aliphatic carbocycles. The van der Waals surface area contributed by atoms with Crippen molar-refractivity contribution in [1.29, 1.82) is 0 Å². The number of ether oxygens (including phenoxy) is 3. The molecule has 0 bridgehead atoms. The van der Waals surface area contributed by atoms with Crippen LogP contribution in [0.25, 0.3) is 16.6 Å². The lowest BCUT2D eigenvalue weighted by Crippen LogP contribution is -2.22. The van der Waals surface area contributed by atoms with Gasteiger partial charge in [-0.3, -0.25) is 9.36 Å². The van der Waals surface area contributed by atoms with E-state index >= 15 is 0 Å². The molecule has 0 unspecified atom stereocenters. The van der Waals surface area contributed by atoms with Gasteiger partial charge in [0.05, 0.1) is 32.4 Å². The molecule has 0 spiro atoms. The molecule has 0 saturated heterocycles. The molecule has 6 nitrogen and oxygen atoms in total. The summed E-state index contributed by atoms with van der Waals surface area (Å²) in [6.45, 7) is 4.13. The standard InChI is InChI=1S/C26H25FN2O4S/c1-15-6-7-17(12-16(15)2)14-34-26-28-22-20(13-21(31-3)23(32-4)24(22)33-5)25(30)29(26)19-10-8-18(27)9-11-19/h6-13H,14H2,1-5H3. The Labute approximate surface area is 201 Å². The third-order valence-electron chi connectivity index (χ3n) is 5.66. The van der Waals surface area contributed by atoms with Gasteiger partial charge < -0.3 is 14.2 Å². The number of aromatic nitrogens is 2. The van der Waals surface area contributed by atoms with Crippen molar-refractivity contribution in [2.24, 2.45) is 0 Å². The molecule has 1 aromatic heterocycles. The van der Waals surface area contributed by atoms with Crippen molar-refractivity contribution in [3.63, 3.8) is 0 Å². The number of fused-ring (bicyclic) bond motifs is 1. The van der Waals surface area contributed by atoms with Crippen molar-refractivity contribution in [2.45, 2.75) is 24.8 Å². The maximum atomic E-state index is 13.7. The Morgan fingerprint density at radius 2 is 1.62 bits per heavy atom. The summed E-state index contributed by atoms with van der Waals surface area (Å²) in [5.41, 5.74) is 4.07. The number of aryl methyl sites for hydroxylation is 2. The van der Waals surface area contributed by atoms with E-state index in [9.17, 15) is 9.18 Å². The zero-order valence-corrected chi connectivity index (χ0v) is 20.5. The molecule has 0 N–H and O–H groups in total. The van der Waals surface area contributed by atoms with Gasteiger partial charge in [-0.25, -0.2) is 9.37 Å². The predicted octanol–water partition coefficient (Wildman–Crippen LogP) is 5.46. The highest BCUT2D eigenvalue weighted by Gasteiger charge is 2.22. The zero-order valence-electron chi connectivity index (χ0n) is 19.6. The molecule has 1 heterocycles. The number of hydrogen-bond donors (Lipinski definition) is 0. The van der Waals surface area contributed by atoms with Crippen molar-refractivity contribution in [3.05, 3.63) is 81.4 Å². The molecule has 0 aliphatic heterocycles. The Bertz CT molecular complexity index is 1420. The van der Waals surface area contributed by atoms with Gasteiger partial charge in [0.15, 0.2) is 16.7 Å². The molecule has 0 radical (unpaired) electrons. The van der Waals surface area contributed by atoms with Crippen LogP contribution in [0.5, 0.6) is 17.2 Å². The topological polar surface area (TPSA) is 62.6 Å². The number of rotatable bonds is 7. The molecular formula is C26H25FN2O4S. The lowest BCUT2D eigenvalue weighted by atomic mass is 10.1. The van der Waals surface area contributed by atoms with Gasteiger partial charge in [0.1, 0.15) is 11.3 Å². The van der Waals surface area contributed by atoms with E-state index in [4.69, 9.17) is 19.2 Å². The monoisotopic (exact) mass is 480 g/mol. The summed E-state index contributed by atoms with van der Waals surface area (Å²) in [5, 5.41) is 0.752. The van der Waals surface area contributed by atoms with Crippen LogP contribution in [0.2, 0.25) is 0 Å². The first kappa shape index (κ1) is 23.6. The molecule has 4 rings (SSSR count). The second-order valence-corrected chi connectivity index (χ2v) is 8.70. The number of thioether (sulfide) groups is 1. The largest absolute Gasteiger partial charge is 0.493 e. The van der Waals surface area contributed by atoms with E-state index in [-0.39, 0.29) is 11.4 Å². The second kappa shape index (κ2) is 9.77. The zero-order chi connectivity index (χ0) is 24.4. The van der Waals surface area contributed by atoms with Crippen LogP contribution >= 0.6 is 11.8 Å². The third-order valence-corrected chi connectivity index (χ3v) is 6.67. The van der Waals surface area contributed by atoms with Crippen molar-refractivity contribution in [2.75, 3.05) is 21.3 Å². The van der Waals surface area contributed by atoms with Gasteiger partial charge in [-0.2, -0.15) is 0 Å². The summed E-state index contributed by atoms with van der Waals surface area (Å²) in [4.78, 5) is 18.6. The molecule has 4 aromatic rings. The van der Waals surface area contributed by atoms with E-state index in [0.29, 0.717) is 44.7 Å². The predicted molar refractivity (Wildman–Crippen MR) is 132 cm³/mol. The fourth-order valence-corrected chi connectivity index (χ4v) is 4.67. The highest BCUT2D eigenvalue weighted by molar-refractivity contribution is 7.98. The smallest absolute Gasteiger partial charge is 0.266 e. The molecule has 0 atom stereocenters. The van der Waals surface area contributed by atoms with E-state index in [1.165, 1.54) is 60.9 Å². The lowest BCUT2D eigenvalue weighted by molar-refractivity contribution is 0.326. The Morgan fingerprint density at radius 1 is 0.912 bits per heavy atom. The van der Waals surface area contributed by atoms with E-state index in [0.717, 1.165) is 5.56 Å². The summed E-state index contributed by atoms with van der Waals surface area (Å²) in [6, 6.07) is 13.6. The quantitative estimate of drug-likeness (QED) is 0.259. The van der Waals surface area contributed by atoms with Crippen molar-refractivity contribution >= 4 is 22.7 Å². The van der Waals surface area contributed by atoms with E-state index in [2.05, 4.69) is 32.0 Å². The minimum atomic E-state index is -0.386. The Kier molecular flexibility index (Phi) is 6.79. The van der Waals surface area contributed by atoms with Gasteiger partial charge in [-0.05, 0) is 60.9 Å².